The summed E-state index contributed by atoms with van der Waals surface area (Å²) in [5.74, 6) is -0.370. The van der Waals surface area contributed by atoms with Gasteiger partial charge in [-0.25, -0.2) is 0 Å². The number of anilines is 1. The van der Waals surface area contributed by atoms with E-state index in [4.69, 9.17) is 11.6 Å². The number of benzene rings is 2. The van der Waals surface area contributed by atoms with Crippen molar-refractivity contribution in [3.05, 3.63) is 88.2 Å². The number of hydrogen-bond acceptors (Lipinski definition) is 2. The molecule has 0 bridgehead atoms. The highest BCUT2D eigenvalue weighted by Gasteiger charge is 2.32. The molecule has 2 aromatic carbocycles. The first-order valence-electron chi connectivity index (χ1n) is 8.91. The molecule has 1 N–H and O–H groups in total. The summed E-state index contributed by atoms with van der Waals surface area (Å²) in [6, 6.07) is 18.4. The maximum absolute atomic E-state index is 12.8. The molecular weight excluding hydrogens is 360 g/mol. The molecule has 1 aromatic heterocycles. The number of nitrogens with zero attached hydrogens (tertiary/aromatic N) is 1. The smallest absolute Gasteiger partial charge is 0.233 e. The minimum Gasteiger partial charge on any atom is -0.341 e. The molecule has 0 saturated carbocycles. The normalized spacial score (nSPS) is 15.4. The molecule has 4 rings (SSSR count). The van der Waals surface area contributed by atoms with Crippen molar-refractivity contribution in [2.75, 3.05) is 5.32 Å². The summed E-state index contributed by atoms with van der Waals surface area (Å²) < 4.78 is 1.96. The first kappa shape index (κ1) is 17.6. The number of nitrogens with one attached hydrogen (secondary N) is 1. The first-order valence-corrected chi connectivity index (χ1v) is 9.29. The van der Waals surface area contributed by atoms with Gasteiger partial charge in [-0.15, -0.1) is 0 Å². The summed E-state index contributed by atoms with van der Waals surface area (Å²) in [7, 11) is 0. The summed E-state index contributed by atoms with van der Waals surface area (Å²) in [5, 5.41) is 3.61. The van der Waals surface area contributed by atoms with Crippen LogP contribution in [0.1, 0.15) is 39.6 Å². The summed E-state index contributed by atoms with van der Waals surface area (Å²) in [6.07, 6.45) is 0.677. The Morgan fingerprint density at radius 1 is 1.04 bits per heavy atom. The van der Waals surface area contributed by atoms with Gasteiger partial charge < -0.3 is 9.88 Å². The summed E-state index contributed by atoms with van der Waals surface area (Å²) in [5.41, 5.74) is 3.73. The third-order valence-corrected chi connectivity index (χ3v) is 5.53. The van der Waals surface area contributed by atoms with Gasteiger partial charge >= 0.3 is 0 Å². The topological polar surface area (TPSA) is 51.1 Å². The SMILES string of the molecule is Cc1c(Cl)cccc1NC(=O)[C@H]1CCn2c(C(=O)c3ccccc3)ccc21. The Bertz CT molecular complexity index is 1020. The molecular formula is C22H19ClN2O2. The van der Waals surface area contributed by atoms with Crippen molar-refractivity contribution in [3.8, 4) is 0 Å². The van der Waals surface area contributed by atoms with Crippen molar-refractivity contribution in [2.45, 2.75) is 25.8 Å². The average molecular weight is 379 g/mol. The molecule has 1 atom stereocenters. The maximum Gasteiger partial charge on any atom is 0.233 e. The molecule has 27 heavy (non-hydrogen) atoms. The quantitative estimate of drug-likeness (QED) is 0.662. The minimum atomic E-state index is -0.277. The van der Waals surface area contributed by atoms with Gasteiger partial charge in [-0.05, 0) is 43.2 Å². The lowest BCUT2D eigenvalue weighted by atomic mass is 10.0. The Morgan fingerprint density at radius 2 is 1.81 bits per heavy atom. The fraction of sp³-hybridized carbons (Fsp3) is 0.182. The van der Waals surface area contributed by atoms with Crippen LogP contribution in [0.3, 0.4) is 0 Å². The molecule has 2 heterocycles. The zero-order valence-electron chi connectivity index (χ0n) is 14.9. The Labute approximate surface area is 162 Å². The number of ketones is 1. The minimum absolute atomic E-state index is 0.0198. The molecule has 1 aliphatic heterocycles. The van der Waals surface area contributed by atoms with Crippen molar-refractivity contribution in [1.29, 1.82) is 0 Å². The van der Waals surface area contributed by atoms with Gasteiger partial charge in [0, 0.05) is 28.5 Å². The second-order valence-electron chi connectivity index (χ2n) is 6.73. The number of fused-ring (bicyclic) bond motifs is 1. The average Bonchev–Trinajstić information content (AvgIpc) is 3.27. The molecule has 1 aliphatic rings. The van der Waals surface area contributed by atoms with Crippen LogP contribution >= 0.6 is 11.6 Å². The van der Waals surface area contributed by atoms with Gasteiger partial charge in [-0.3, -0.25) is 9.59 Å². The van der Waals surface area contributed by atoms with Crippen molar-refractivity contribution in [1.82, 2.24) is 4.57 Å². The number of carbonyl (C=O) groups is 2. The third kappa shape index (κ3) is 3.17. The number of carbonyl (C=O) groups excluding carboxylic acids is 2. The lowest BCUT2D eigenvalue weighted by Gasteiger charge is -2.13. The number of hydrogen-bond donors (Lipinski definition) is 1. The number of amides is 1. The van der Waals surface area contributed by atoms with Crippen LogP contribution in [0.15, 0.2) is 60.7 Å². The van der Waals surface area contributed by atoms with Gasteiger partial charge in [-0.1, -0.05) is 48.0 Å². The number of aromatic nitrogens is 1. The van der Waals surface area contributed by atoms with Crippen LogP contribution in [0.2, 0.25) is 5.02 Å². The number of halogens is 1. The fourth-order valence-corrected chi connectivity index (χ4v) is 3.78. The van der Waals surface area contributed by atoms with Gasteiger partial charge in [0.15, 0.2) is 0 Å². The summed E-state index contributed by atoms with van der Waals surface area (Å²) in [6.45, 7) is 2.54. The predicted molar refractivity (Wildman–Crippen MR) is 106 cm³/mol. The van der Waals surface area contributed by atoms with E-state index in [-0.39, 0.29) is 17.6 Å². The van der Waals surface area contributed by atoms with E-state index in [9.17, 15) is 9.59 Å². The van der Waals surface area contributed by atoms with Gasteiger partial charge in [0.2, 0.25) is 11.7 Å². The van der Waals surface area contributed by atoms with E-state index in [0.29, 0.717) is 29.2 Å². The second-order valence-corrected chi connectivity index (χ2v) is 7.14. The van der Waals surface area contributed by atoms with Gasteiger partial charge in [0.1, 0.15) is 0 Å². The zero-order chi connectivity index (χ0) is 19.0. The van der Waals surface area contributed by atoms with Crippen LogP contribution in [0.5, 0.6) is 0 Å². The summed E-state index contributed by atoms with van der Waals surface area (Å²) >= 11 is 6.14. The maximum atomic E-state index is 12.8. The Morgan fingerprint density at radius 3 is 2.59 bits per heavy atom. The number of rotatable bonds is 4. The Kier molecular flexibility index (Phi) is 4.58. The standard InChI is InChI=1S/C22H19ClN2O2/c1-14-17(23)8-5-9-18(14)24-22(27)16-12-13-25-19(16)10-11-20(25)21(26)15-6-3-2-4-7-15/h2-11,16H,12-13H2,1H3,(H,24,27)/t16-/m0/s1. The molecule has 0 unspecified atom stereocenters. The van der Waals surface area contributed by atoms with E-state index in [1.165, 1.54) is 0 Å². The fourth-order valence-electron chi connectivity index (χ4n) is 3.61. The van der Waals surface area contributed by atoms with Crippen LogP contribution in [0, 0.1) is 6.92 Å². The van der Waals surface area contributed by atoms with E-state index in [0.717, 1.165) is 16.9 Å². The molecule has 5 heteroatoms. The molecule has 0 spiro atoms. The molecule has 0 aliphatic carbocycles. The van der Waals surface area contributed by atoms with Crippen molar-refractivity contribution < 1.29 is 9.59 Å². The predicted octanol–water partition coefficient (Wildman–Crippen LogP) is 4.81. The zero-order valence-corrected chi connectivity index (χ0v) is 15.7. The lowest BCUT2D eigenvalue weighted by Crippen LogP contribution is -2.20. The molecule has 1 amide bonds. The van der Waals surface area contributed by atoms with Gasteiger partial charge in [-0.2, -0.15) is 0 Å². The third-order valence-electron chi connectivity index (χ3n) is 5.12. The van der Waals surface area contributed by atoms with E-state index in [1.807, 2.05) is 66.1 Å². The molecule has 3 aromatic rings. The molecule has 136 valence electrons. The highest BCUT2D eigenvalue weighted by atomic mass is 35.5. The van der Waals surface area contributed by atoms with Gasteiger partial charge in [0.05, 0.1) is 11.6 Å². The molecule has 0 radical (unpaired) electrons. The Balaban J connectivity index is 1.58. The highest BCUT2D eigenvalue weighted by molar-refractivity contribution is 6.31. The van der Waals surface area contributed by atoms with E-state index in [2.05, 4.69) is 5.32 Å². The van der Waals surface area contributed by atoms with Crippen LogP contribution in [-0.4, -0.2) is 16.3 Å². The summed E-state index contributed by atoms with van der Waals surface area (Å²) in [4.78, 5) is 25.6. The van der Waals surface area contributed by atoms with E-state index >= 15 is 0 Å². The van der Waals surface area contributed by atoms with Crippen LogP contribution < -0.4 is 5.32 Å². The first-order chi connectivity index (χ1) is 13.1. The van der Waals surface area contributed by atoms with Crippen molar-refractivity contribution in [2.24, 2.45) is 0 Å². The highest BCUT2D eigenvalue weighted by Crippen LogP contribution is 2.33. The van der Waals surface area contributed by atoms with Crippen LogP contribution in [-0.2, 0) is 11.3 Å². The molecule has 0 fully saturated rings. The van der Waals surface area contributed by atoms with Crippen LogP contribution in [0.25, 0.3) is 0 Å². The monoisotopic (exact) mass is 378 g/mol. The van der Waals surface area contributed by atoms with E-state index in [1.54, 1.807) is 6.07 Å². The molecule has 4 nitrogen and oxygen atoms in total. The second kappa shape index (κ2) is 7.05. The van der Waals surface area contributed by atoms with Crippen molar-refractivity contribution in [3.63, 3.8) is 0 Å². The lowest BCUT2D eigenvalue weighted by molar-refractivity contribution is -0.117. The van der Waals surface area contributed by atoms with Crippen LogP contribution in [0.4, 0.5) is 5.69 Å². The molecule has 0 saturated heterocycles. The van der Waals surface area contributed by atoms with Crippen molar-refractivity contribution >= 4 is 29.0 Å². The largest absolute Gasteiger partial charge is 0.341 e. The Hall–Kier alpha value is -2.85. The van der Waals surface area contributed by atoms with Gasteiger partial charge in [0.25, 0.3) is 0 Å². The van der Waals surface area contributed by atoms with E-state index < -0.39 is 0 Å².